The highest BCUT2D eigenvalue weighted by atomic mass is 14.5. The van der Waals surface area contributed by atoms with Crippen molar-refractivity contribution in [3.63, 3.8) is 0 Å². The molecule has 0 saturated heterocycles. The molecule has 0 N–H and O–H groups in total. The van der Waals surface area contributed by atoms with Crippen molar-refractivity contribution in [1.82, 2.24) is 0 Å². The van der Waals surface area contributed by atoms with Crippen molar-refractivity contribution in [3.05, 3.63) is 192 Å². The second-order valence-electron chi connectivity index (χ2n) is 13.4. The lowest BCUT2D eigenvalue weighted by molar-refractivity contribution is 0.257. The summed E-state index contributed by atoms with van der Waals surface area (Å²) in [6.07, 6.45) is 4.29. The van der Waals surface area contributed by atoms with E-state index in [1.165, 1.54) is 65.3 Å². The summed E-state index contributed by atoms with van der Waals surface area (Å²) in [6, 6.07) is 64.1. The number of fused-ring (bicyclic) bond motifs is 4. The van der Waals surface area contributed by atoms with Crippen LogP contribution in [0.1, 0.15) is 47.9 Å². The molecule has 9 rings (SSSR count). The largest absolute Gasteiger partial charge is 0.0616 e. The summed E-state index contributed by atoms with van der Waals surface area (Å²) >= 11 is 0. The molecule has 220 valence electrons. The molecule has 8 aromatic rings. The van der Waals surface area contributed by atoms with E-state index in [0.29, 0.717) is 0 Å². The second-order valence-corrected chi connectivity index (χ2v) is 13.4. The van der Waals surface area contributed by atoms with Gasteiger partial charge in [0, 0.05) is 10.8 Å². The molecule has 0 heterocycles. The highest BCUT2D eigenvalue weighted by molar-refractivity contribution is 5.87. The number of hydrogen-bond donors (Lipinski definition) is 0. The monoisotopic (exact) mass is 588 g/mol. The minimum Gasteiger partial charge on any atom is -0.0616 e. The Balaban J connectivity index is 1.23. The van der Waals surface area contributed by atoms with Crippen LogP contribution in [-0.4, -0.2) is 0 Å². The van der Waals surface area contributed by atoms with Crippen molar-refractivity contribution in [3.8, 4) is 0 Å². The molecular weight excluding hydrogens is 553 g/mol. The Morgan fingerprint density at radius 2 is 0.457 bits per heavy atom. The van der Waals surface area contributed by atoms with Gasteiger partial charge in [-0.2, -0.15) is 0 Å². The van der Waals surface area contributed by atoms with Crippen molar-refractivity contribution >= 4 is 43.1 Å². The van der Waals surface area contributed by atoms with Crippen LogP contribution in [0.5, 0.6) is 0 Å². The molecule has 0 bridgehead atoms. The minimum atomic E-state index is -0.0781. The maximum atomic E-state index is 2.48. The lowest BCUT2D eigenvalue weighted by atomic mass is 9.55. The summed E-state index contributed by atoms with van der Waals surface area (Å²) in [7, 11) is 0. The molecule has 1 aliphatic carbocycles. The molecule has 0 aliphatic heterocycles. The van der Waals surface area contributed by atoms with Gasteiger partial charge in [-0.1, -0.05) is 170 Å². The van der Waals surface area contributed by atoms with E-state index in [1.54, 1.807) is 0 Å². The van der Waals surface area contributed by atoms with E-state index in [0.717, 1.165) is 25.7 Å². The summed E-state index contributed by atoms with van der Waals surface area (Å²) in [5.41, 5.74) is 5.59. The van der Waals surface area contributed by atoms with Crippen LogP contribution >= 0.6 is 0 Å². The predicted octanol–water partition coefficient (Wildman–Crippen LogP) is 12.1. The van der Waals surface area contributed by atoms with Crippen molar-refractivity contribution in [1.29, 1.82) is 0 Å². The fraction of sp³-hybridized carbons (Fsp3) is 0.130. The van der Waals surface area contributed by atoms with E-state index >= 15 is 0 Å². The Kier molecular flexibility index (Phi) is 6.32. The first-order valence-corrected chi connectivity index (χ1v) is 16.7. The molecule has 0 amide bonds. The lowest BCUT2D eigenvalue weighted by Gasteiger charge is -2.48. The first-order chi connectivity index (χ1) is 22.7. The van der Waals surface area contributed by atoms with Gasteiger partial charge >= 0.3 is 0 Å². The van der Waals surface area contributed by atoms with Gasteiger partial charge in [0.1, 0.15) is 0 Å². The maximum absolute atomic E-state index is 2.48. The van der Waals surface area contributed by atoms with Crippen LogP contribution in [0.15, 0.2) is 170 Å². The van der Waals surface area contributed by atoms with Gasteiger partial charge in [-0.15, -0.1) is 0 Å². The van der Waals surface area contributed by atoms with Crippen LogP contribution in [0.2, 0.25) is 0 Å². The summed E-state index contributed by atoms with van der Waals surface area (Å²) in [5, 5.41) is 10.5. The van der Waals surface area contributed by atoms with Gasteiger partial charge < -0.3 is 0 Å². The Labute approximate surface area is 271 Å². The average Bonchev–Trinajstić information content (AvgIpc) is 3.14. The van der Waals surface area contributed by atoms with Crippen LogP contribution in [0.4, 0.5) is 0 Å². The Bertz CT molecular complexity index is 2050. The van der Waals surface area contributed by atoms with E-state index in [2.05, 4.69) is 170 Å². The first-order valence-electron chi connectivity index (χ1n) is 16.7. The average molecular weight is 589 g/mol. The number of hydrogen-bond acceptors (Lipinski definition) is 0. The Hall–Kier alpha value is -5.20. The summed E-state index contributed by atoms with van der Waals surface area (Å²) in [5.74, 6) is 0. The maximum Gasteiger partial charge on any atom is 0.0204 e. The normalized spacial score (nSPS) is 15.8. The second kappa shape index (κ2) is 10.7. The fourth-order valence-corrected chi connectivity index (χ4v) is 8.54. The van der Waals surface area contributed by atoms with E-state index in [9.17, 15) is 0 Å². The minimum absolute atomic E-state index is 0.0781. The Morgan fingerprint density at radius 3 is 0.696 bits per heavy atom. The number of benzene rings is 8. The smallest absolute Gasteiger partial charge is 0.0204 e. The highest BCUT2D eigenvalue weighted by Gasteiger charge is 2.46. The van der Waals surface area contributed by atoms with Gasteiger partial charge in [0.2, 0.25) is 0 Å². The van der Waals surface area contributed by atoms with Crippen molar-refractivity contribution in [2.24, 2.45) is 0 Å². The van der Waals surface area contributed by atoms with Gasteiger partial charge in [-0.3, -0.25) is 0 Å². The van der Waals surface area contributed by atoms with Gasteiger partial charge in [0.25, 0.3) is 0 Å². The summed E-state index contributed by atoms with van der Waals surface area (Å²) in [4.78, 5) is 0. The van der Waals surface area contributed by atoms with E-state index < -0.39 is 0 Å². The van der Waals surface area contributed by atoms with Crippen LogP contribution in [-0.2, 0) is 10.8 Å². The molecule has 8 aromatic carbocycles. The van der Waals surface area contributed by atoms with Crippen molar-refractivity contribution in [2.45, 2.75) is 36.5 Å². The molecule has 0 nitrogen and oxygen atoms in total. The third-order valence-corrected chi connectivity index (χ3v) is 11.2. The molecular formula is C46H36. The molecule has 1 aliphatic rings. The summed E-state index contributed by atoms with van der Waals surface area (Å²) in [6.45, 7) is 0. The molecule has 0 atom stereocenters. The fourth-order valence-electron chi connectivity index (χ4n) is 8.54. The lowest BCUT2D eigenvalue weighted by Crippen LogP contribution is -2.41. The Morgan fingerprint density at radius 1 is 0.239 bits per heavy atom. The zero-order valence-electron chi connectivity index (χ0n) is 26.0. The summed E-state index contributed by atoms with van der Waals surface area (Å²) < 4.78 is 0. The van der Waals surface area contributed by atoms with Crippen LogP contribution < -0.4 is 0 Å². The SMILES string of the molecule is c1ccc2cc(C3(c4ccc5ccccc5c4)CCC(c4ccc5ccccc5c4)(c4ccc5ccccc5c4)CC3)ccc2c1. The molecule has 1 saturated carbocycles. The quantitative estimate of drug-likeness (QED) is 0.192. The predicted molar refractivity (Wildman–Crippen MR) is 196 cm³/mol. The van der Waals surface area contributed by atoms with Gasteiger partial charge in [0.05, 0.1) is 0 Å². The zero-order valence-corrected chi connectivity index (χ0v) is 26.0. The molecule has 0 spiro atoms. The van der Waals surface area contributed by atoms with E-state index in [1.807, 2.05) is 0 Å². The topological polar surface area (TPSA) is 0 Å². The van der Waals surface area contributed by atoms with Gasteiger partial charge in [0.15, 0.2) is 0 Å². The van der Waals surface area contributed by atoms with E-state index in [4.69, 9.17) is 0 Å². The molecule has 0 unspecified atom stereocenters. The van der Waals surface area contributed by atoms with Crippen LogP contribution in [0, 0.1) is 0 Å². The first kappa shape index (κ1) is 27.1. The highest BCUT2D eigenvalue weighted by Crippen LogP contribution is 2.55. The molecule has 0 heteroatoms. The van der Waals surface area contributed by atoms with Crippen LogP contribution in [0.25, 0.3) is 43.1 Å². The third kappa shape index (κ3) is 4.36. The van der Waals surface area contributed by atoms with E-state index in [-0.39, 0.29) is 10.8 Å². The van der Waals surface area contributed by atoms with Gasteiger partial charge in [-0.25, -0.2) is 0 Å². The standard InChI is InChI=1S/C46H36/c1-5-13-37-29-41(21-17-33(37)9-1)45(42-22-18-34-10-2-6-14-38(34)30-42)25-27-46(28-26-45,43-23-19-35-11-3-7-15-39(35)31-43)44-24-20-36-12-4-8-16-40(36)32-44/h1-24,29-32H,25-28H2. The van der Waals surface area contributed by atoms with Gasteiger partial charge in [-0.05, 0) is 91.0 Å². The zero-order chi connectivity index (χ0) is 30.6. The molecule has 0 radical (unpaired) electrons. The molecule has 0 aromatic heterocycles. The number of rotatable bonds is 4. The van der Waals surface area contributed by atoms with Crippen LogP contribution in [0.3, 0.4) is 0 Å². The van der Waals surface area contributed by atoms with Crippen molar-refractivity contribution in [2.75, 3.05) is 0 Å². The third-order valence-electron chi connectivity index (χ3n) is 11.2. The molecule has 46 heavy (non-hydrogen) atoms. The van der Waals surface area contributed by atoms with Crippen molar-refractivity contribution < 1.29 is 0 Å². The molecule has 1 fully saturated rings.